The van der Waals surface area contributed by atoms with Crippen LogP contribution in [0.5, 0.6) is 11.5 Å². The fourth-order valence-electron chi connectivity index (χ4n) is 2.08. The molecule has 22 heavy (non-hydrogen) atoms. The molecule has 0 spiro atoms. The van der Waals surface area contributed by atoms with Gasteiger partial charge in [-0.15, -0.1) is 0 Å². The smallest absolute Gasteiger partial charge is 0.260 e. The fraction of sp³-hybridized carbons (Fsp3) is 0.529. The monoisotopic (exact) mass is 307 g/mol. The third kappa shape index (κ3) is 5.06. The molecule has 0 bridgehead atoms. The number of hydrogen-bond acceptors (Lipinski definition) is 4. The molecule has 1 amide bonds. The number of unbranched alkanes of at least 4 members (excludes halogenated alkanes) is 1. The van der Waals surface area contributed by atoms with Gasteiger partial charge in [-0.05, 0) is 32.4 Å². The van der Waals surface area contributed by atoms with E-state index in [1.807, 2.05) is 6.92 Å². The number of methoxy groups -OCH3 is 1. The summed E-state index contributed by atoms with van der Waals surface area (Å²) in [6, 6.07) is 4.98. The maximum Gasteiger partial charge on any atom is 0.260 e. The normalized spacial score (nSPS) is 10.2. The number of carbonyl (C=O) groups is 2. The SMILES string of the molecule is CCCCN(CC)C(=O)COc1cc(OC)ccc1C(C)=O. The van der Waals surface area contributed by atoms with Crippen molar-refractivity contribution in [1.29, 1.82) is 0 Å². The van der Waals surface area contributed by atoms with Crippen LogP contribution in [0, 0.1) is 0 Å². The molecule has 1 aromatic rings. The van der Waals surface area contributed by atoms with E-state index in [1.54, 1.807) is 30.2 Å². The van der Waals surface area contributed by atoms with Gasteiger partial charge in [0, 0.05) is 19.2 Å². The second kappa shape index (κ2) is 9.07. The molecule has 0 aromatic heterocycles. The van der Waals surface area contributed by atoms with Crippen molar-refractivity contribution in [2.24, 2.45) is 0 Å². The molecule has 1 aromatic carbocycles. The molecule has 0 radical (unpaired) electrons. The number of nitrogens with zero attached hydrogens (tertiary/aromatic N) is 1. The Labute approximate surface area is 132 Å². The molecule has 5 heteroatoms. The van der Waals surface area contributed by atoms with Crippen LogP contribution >= 0.6 is 0 Å². The maximum absolute atomic E-state index is 12.2. The van der Waals surface area contributed by atoms with Crippen LogP contribution in [0.4, 0.5) is 0 Å². The molecule has 0 N–H and O–H groups in total. The van der Waals surface area contributed by atoms with Gasteiger partial charge in [-0.1, -0.05) is 13.3 Å². The van der Waals surface area contributed by atoms with Crippen LogP contribution in [0.1, 0.15) is 44.0 Å². The van der Waals surface area contributed by atoms with Crippen molar-refractivity contribution in [2.45, 2.75) is 33.6 Å². The second-order valence-corrected chi connectivity index (χ2v) is 5.03. The van der Waals surface area contributed by atoms with E-state index in [2.05, 4.69) is 6.92 Å². The minimum atomic E-state index is -0.108. The molecule has 122 valence electrons. The molecule has 1 rings (SSSR count). The highest BCUT2D eigenvalue weighted by Gasteiger charge is 2.15. The Morgan fingerprint density at radius 3 is 2.50 bits per heavy atom. The number of carbonyl (C=O) groups excluding carboxylic acids is 2. The van der Waals surface area contributed by atoms with Crippen LogP contribution in [0.25, 0.3) is 0 Å². The van der Waals surface area contributed by atoms with Gasteiger partial charge in [0.2, 0.25) is 0 Å². The number of amides is 1. The lowest BCUT2D eigenvalue weighted by molar-refractivity contribution is -0.133. The summed E-state index contributed by atoms with van der Waals surface area (Å²) in [5.74, 6) is 0.786. The van der Waals surface area contributed by atoms with E-state index in [0.717, 1.165) is 19.4 Å². The van der Waals surface area contributed by atoms with Crippen molar-refractivity contribution in [3.63, 3.8) is 0 Å². The summed E-state index contributed by atoms with van der Waals surface area (Å²) in [6.07, 6.45) is 2.01. The summed E-state index contributed by atoms with van der Waals surface area (Å²) >= 11 is 0. The first-order chi connectivity index (χ1) is 10.5. The van der Waals surface area contributed by atoms with Crippen LogP contribution in [0.15, 0.2) is 18.2 Å². The van der Waals surface area contributed by atoms with Gasteiger partial charge in [-0.2, -0.15) is 0 Å². The summed E-state index contributed by atoms with van der Waals surface area (Å²) in [6.45, 7) is 6.80. The van der Waals surface area contributed by atoms with E-state index in [4.69, 9.17) is 9.47 Å². The maximum atomic E-state index is 12.2. The average Bonchev–Trinajstić information content (AvgIpc) is 2.53. The Morgan fingerprint density at radius 1 is 1.23 bits per heavy atom. The van der Waals surface area contributed by atoms with Crippen LogP contribution in [-0.2, 0) is 4.79 Å². The highest BCUT2D eigenvalue weighted by Crippen LogP contribution is 2.25. The molecule has 0 fully saturated rings. The van der Waals surface area contributed by atoms with Crippen molar-refractivity contribution in [3.05, 3.63) is 23.8 Å². The average molecular weight is 307 g/mol. The van der Waals surface area contributed by atoms with E-state index in [1.165, 1.54) is 6.92 Å². The van der Waals surface area contributed by atoms with Crippen LogP contribution < -0.4 is 9.47 Å². The molecule has 0 saturated carbocycles. The van der Waals surface area contributed by atoms with Crippen LogP contribution in [0.2, 0.25) is 0 Å². The van der Waals surface area contributed by atoms with Gasteiger partial charge in [-0.25, -0.2) is 0 Å². The quantitative estimate of drug-likeness (QED) is 0.658. The van der Waals surface area contributed by atoms with Gasteiger partial charge in [-0.3, -0.25) is 9.59 Å². The number of likely N-dealkylation sites (N-methyl/N-ethyl adjacent to an activating group) is 1. The molecule has 0 unspecified atom stereocenters. The molecule has 0 saturated heterocycles. The zero-order valence-electron chi connectivity index (χ0n) is 13.8. The Bertz CT molecular complexity index is 513. The van der Waals surface area contributed by atoms with E-state index in [9.17, 15) is 9.59 Å². The van der Waals surface area contributed by atoms with E-state index < -0.39 is 0 Å². The van der Waals surface area contributed by atoms with Gasteiger partial charge in [0.15, 0.2) is 12.4 Å². The highest BCUT2D eigenvalue weighted by molar-refractivity contribution is 5.97. The standard InChI is InChI=1S/C17H25NO4/c1-5-7-10-18(6-2)17(20)12-22-16-11-14(21-4)8-9-15(16)13(3)19/h8-9,11H,5-7,10,12H2,1-4H3. The Morgan fingerprint density at radius 2 is 1.95 bits per heavy atom. The van der Waals surface area contributed by atoms with Gasteiger partial charge in [0.05, 0.1) is 12.7 Å². The predicted molar refractivity (Wildman–Crippen MR) is 85.7 cm³/mol. The summed E-state index contributed by atoms with van der Waals surface area (Å²) in [5.41, 5.74) is 0.449. The minimum Gasteiger partial charge on any atom is -0.497 e. The first-order valence-electron chi connectivity index (χ1n) is 7.63. The summed E-state index contributed by atoms with van der Waals surface area (Å²) in [7, 11) is 1.54. The zero-order valence-corrected chi connectivity index (χ0v) is 13.8. The summed E-state index contributed by atoms with van der Waals surface area (Å²) < 4.78 is 10.7. The van der Waals surface area contributed by atoms with E-state index in [0.29, 0.717) is 23.6 Å². The van der Waals surface area contributed by atoms with Crippen molar-refractivity contribution >= 4 is 11.7 Å². The molecular formula is C17H25NO4. The summed E-state index contributed by atoms with van der Waals surface area (Å²) in [5, 5.41) is 0. The zero-order chi connectivity index (χ0) is 16.5. The highest BCUT2D eigenvalue weighted by atomic mass is 16.5. The minimum absolute atomic E-state index is 0.0757. The Kier molecular flexibility index (Phi) is 7.43. The van der Waals surface area contributed by atoms with Gasteiger partial charge in [0.25, 0.3) is 5.91 Å². The molecule has 0 heterocycles. The molecule has 0 atom stereocenters. The lowest BCUT2D eigenvalue weighted by atomic mass is 10.1. The number of benzene rings is 1. The van der Waals surface area contributed by atoms with E-state index in [-0.39, 0.29) is 18.3 Å². The van der Waals surface area contributed by atoms with Gasteiger partial charge < -0.3 is 14.4 Å². The number of ether oxygens (including phenoxy) is 2. The largest absolute Gasteiger partial charge is 0.497 e. The molecule has 0 aliphatic rings. The van der Waals surface area contributed by atoms with Gasteiger partial charge >= 0.3 is 0 Å². The lowest BCUT2D eigenvalue weighted by Gasteiger charge is -2.21. The van der Waals surface area contributed by atoms with Crippen LogP contribution in [-0.4, -0.2) is 43.4 Å². The van der Waals surface area contributed by atoms with Crippen LogP contribution in [0.3, 0.4) is 0 Å². The Balaban J connectivity index is 2.77. The van der Waals surface area contributed by atoms with Gasteiger partial charge in [0.1, 0.15) is 11.5 Å². The van der Waals surface area contributed by atoms with Crippen molar-refractivity contribution < 1.29 is 19.1 Å². The van der Waals surface area contributed by atoms with E-state index >= 15 is 0 Å². The topological polar surface area (TPSA) is 55.8 Å². The third-order valence-corrected chi connectivity index (χ3v) is 3.44. The lowest BCUT2D eigenvalue weighted by Crippen LogP contribution is -2.35. The molecule has 0 aliphatic carbocycles. The molecular weight excluding hydrogens is 282 g/mol. The first kappa shape index (κ1) is 18.0. The third-order valence-electron chi connectivity index (χ3n) is 3.44. The fourth-order valence-corrected chi connectivity index (χ4v) is 2.08. The molecule has 5 nitrogen and oxygen atoms in total. The van der Waals surface area contributed by atoms with Crippen molar-refractivity contribution in [1.82, 2.24) is 4.90 Å². The number of Topliss-reactive ketones (excluding diaryl/α,β-unsaturated/α-hetero) is 1. The first-order valence-corrected chi connectivity index (χ1v) is 7.63. The predicted octanol–water partition coefficient (Wildman–Crippen LogP) is 2.93. The number of ketones is 1. The van der Waals surface area contributed by atoms with Crippen molar-refractivity contribution in [3.8, 4) is 11.5 Å². The molecule has 0 aliphatic heterocycles. The summed E-state index contributed by atoms with van der Waals surface area (Å²) in [4.78, 5) is 25.6. The second-order valence-electron chi connectivity index (χ2n) is 5.03. The number of hydrogen-bond donors (Lipinski definition) is 0. The van der Waals surface area contributed by atoms with Crippen molar-refractivity contribution in [2.75, 3.05) is 26.8 Å². The Hall–Kier alpha value is -2.04. The number of rotatable bonds is 9.